The Morgan fingerprint density at radius 1 is 1.11 bits per heavy atom. The number of carbonyl (C=O) groups excluding carboxylic acids is 2. The molecule has 0 saturated heterocycles. The number of hydrogen-bond acceptors (Lipinski definition) is 5. The number of fused-ring (bicyclic) bond motifs is 1. The van der Waals surface area contributed by atoms with Gasteiger partial charge in [-0.25, -0.2) is 4.79 Å². The van der Waals surface area contributed by atoms with Crippen LogP contribution in [0.25, 0.3) is 23.1 Å². The van der Waals surface area contributed by atoms with Crippen LogP contribution in [0.15, 0.2) is 53.9 Å². The minimum Gasteiger partial charge on any atom is -0.383 e. The lowest BCUT2D eigenvalue weighted by Crippen LogP contribution is -2.31. The molecular formula is C26H27N5O3S. The number of urea groups is 1. The Bertz CT molecular complexity index is 1340. The molecule has 0 saturated carbocycles. The van der Waals surface area contributed by atoms with Crippen molar-refractivity contribution >= 4 is 57.7 Å². The zero-order chi connectivity index (χ0) is 24.6. The average Bonchev–Trinajstić information content (AvgIpc) is 3.48. The van der Waals surface area contributed by atoms with Gasteiger partial charge in [-0.1, -0.05) is 24.3 Å². The van der Waals surface area contributed by atoms with Gasteiger partial charge in [0, 0.05) is 35.3 Å². The molecule has 0 aliphatic heterocycles. The Hall–Kier alpha value is -3.95. The van der Waals surface area contributed by atoms with Crippen molar-refractivity contribution in [3.05, 3.63) is 75.6 Å². The fraction of sp³-hybridized carbons (Fsp3) is 0.192. The van der Waals surface area contributed by atoms with Crippen LogP contribution in [0.1, 0.15) is 21.7 Å². The molecule has 0 fully saturated rings. The van der Waals surface area contributed by atoms with Gasteiger partial charge < -0.3 is 20.7 Å². The molecule has 4 N–H and O–H groups in total. The van der Waals surface area contributed by atoms with Gasteiger partial charge in [-0.2, -0.15) is 5.10 Å². The predicted molar refractivity (Wildman–Crippen MR) is 142 cm³/mol. The number of rotatable bonds is 9. The summed E-state index contributed by atoms with van der Waals surface area (Å²) < 4.78 is 4.93. The summed E-state index contributed by atoms with van der Waals surface area (Å²) in [5.41, 5.74) is 4.96. The number of thiophene rings is 1. The van der Waals surface area contributed by atoms with Crippen molar-refractivity contribution in [3.63, 3.8) is 0 Å². The van der Waals surface area contributed by atoms with Gasteiger partial charge in [0.1, 0.15) is 0 Å². The van der Waals surface area contributed by atoms with Crippen molar-refractivity contribution in [1.29, 1.82) is 0 Å². The highest BCUT2D eigenvalue weighted by Crippen LogP contribution is 2.26. The number of H-pyrrole nitrogens is 1. The van der Waals surface area contributed by atoms with Crippen LogP contribution >= 0.6 is 11.3 Å². The van der Waals surface area contributed by atoms with E-state index in [1.807, 2.05) is 73.0 Å². The van der Waals surface area contributed by atoms with Gasteiger partial charge in [-0.3, -0.25) is 9.89 Å². The van der Waals surface area contributed by atoms with E-state index in [-0.39, 0.29) is 11.9 Å². The van der Waals surface area contributed by atoms with Crippen LogP contribution in [-0.2, 0) is 16.0 Å². The van der Waals surface area contributed by atoms with Crippen LogP contribution < -0.4 is 16.0 Å². The number of aryl methyl sites for hydroxylation is 1. The fourth-order valence-electron chi connectivity index (χ4n) is 3.56. The molecule has 0 aliphatic rings. The number of anilines is 2. The molecule has 0 bridgehead atoms. The largest absolute Gasteiger partial charge is 0.383 e. The number of aromatic nitrogens is 2. The molecule has 9 heteroatoms. The zero-order valence-corrected chi connectivity index (χ0v) is 20.4. The molecule has 4 aromatic rings. The second kappa shape index (κ2) is 11.5. The van der Waals surface area contributed by atoms with Crippen LogP contribution in [0.5, 0.6) is 0 Å². The maximum absolute atomic E-state index is 12.5. The minimum absolute atomic E-state index is 0.0499. The number of methoxy groups -OCH3 is 1. The van der Waals surface area contributed by atoms with Crippen molar-refractivity contribution in [1.82, 2.24) is 15.5 Å². The summed E-state index contributed by atoms with van der Waals surface area (Å²) in [5.74, 6) is -0.0499. The van der Waals surface area contributed by atoms with Gasteiger partial charge >= 0.3 is 6.03 Å². The average molecular weight is 490 g/mol. The number of nitrogens with zero attached hydrogens (tertiary/aromatic N) is 1. The number of ether oxygens (including phenoxy) is 1. The van der Waals surface area contributed by atoms with E-state index >= 15 is 0 Å². The molecule has 35 heavy (non-hydrogen) atoms. The molecule has 0 spiro atoms. The van der Waals surface area contributed by atoms with E-state index in [0.29, 0.717) is 25.3 Å². The first-order valence-electron chi connectivity index (χ1n) is 11.1. The summed E-state index contributed by atoms with van der Waals surface area (Å²) in [5, 5.41) is 18.9. The summed E-state index contributed by atoms with van der Waals surface area (Å²) in [7, 11) is 1.59. The Labute approximate surface area is 207 Å². The summed E-state index contributed by atoms with van der Waals surface area (Å²) in [4.78, 5) is 25.5. The van der Waals surface area contributed by atoms with E-state index in [9.17, 15) is 9.59 Å². The third kappa shape index (κ3) is 6.56. The number of benzene rings is 2. The molecule has 3 amide bonds. The molecular weight excluding hydrogens is 462 g/mol. The summed E-state index contributed by atoms with van der Waals surface area (Å²) in [6.45, 7) is 2.85. The Morgan fingerprint density at radius 2 is 2.00 bits per heavy atom. The maximum Gasteiger partial charge on any atom is 0.319 e. The highest BCUT2D eigenvalue weighted by Gasteiger charge is 2.11. The molecule has 4 rings (SSSR count). The van der Waals surface area contributed by atoms with E-state index in [2.05, 4.69) is 26.1 Å². The molecule has 2 aromatic heterocycles. The van der Waals surface area contributed by atoms with Gasteiger partial charge in [0.15, 0.2) is 0 Å². The lowest BCUT2D eigenvalue weighted by atomic mass is 10.1. The molecule has 0 radical (unpaired) electrons. The quantitative estimate of drug-likeness (QED) is 0.247. The Morgan fingerprint density at radius 3 is 2.80 bits per heavy atom. The first-order chi connectivity index (χ1) is 17.0. The predicted octanol–water partition coefficient (Wildman–Crippen LogP) is 5.05. The lowest BCUT2D eigenvalue weighted by molar-refractivity contribution is -0.115. The molecule has 2 aromatic carbocycles. The molecule has 0 atom stereocenters. The third-order valence-electron chi connectivity index (χ3n) is 5.30. The number of carbonyl (C=O) groups is 2. The zero-order valence-electron chi connectivity index (χ0n) is 19.6. The number of amides is 3. The number of hydrogen-bond donors (Lipinski definition) is 4. The highest BCUT2D eigenvalue weighted by atomic mass is 32.1. The van der Waals surface area contributed by atoms with E-state index in [1.54, 1.807) is 18.4 Å². The molecule has 8 nitrogen and oxygen atoms in total. The van der Waals surface area contributed by atoms with Crippen molar-refractivity contribution in [2.45, 2.75) is 13.3 Å². The highest BCUT2D eigenvalue weighted by molar-refractivity contribution is 7.10. The fourth-order valence-corrected chi connectivity index (χ4v) is 4.26. The van der Waals surface area contributed by atoms with Crippen molar-refractivity contribution in [2.75, 3.05) is 30.9 Å². The van der Waals surface area contributed by atoms with Gasteiger partial charge in [0.25, 0.3) is 0 Å². The number of aromatic amines is 1. The standard InChI is InChI=1S/C26H27N5O3S/c1-17-13-24-21(16-23(17)29-25(32)15-20-7-4-12-35-20)22(30-31-24)9-8-18-5-3-6-19(14-18)28-26(33)27-10-11-34-2/h3-9,12-14,16H,10-11,15H2,1-2H3,(H,29,32)(H,30,31)(H2,27,28,33). The first-order valence-corrected chi connectivity index (χ1v) is 12.0. The van der Waals surface area contributed by atoms with Crippen LogP contribution in [0.2, 0.25) is 0 Å². The van der Waals surface area contributed by atoms with Crippen LogP contribution in [0.4, 0.5) is 16.2 Å². The molecule has 180 valence electrons. The van der Waals surface area contributed by atoms with Gasteiger partial charge in [0.05, 0.1) is 24.2 Å². The van der Waals surface area contributed by atoms with E-state index < -0.39 is 0 Å². The number of nitrogens with one attached hydrogen (secondary N) is 4. The normalized spacial score (nSPS) is 11.1. The summed E-state index contributed by atoms with van der Waals surface area (Å²) >= 11 is 1.57. The van der Waals surface area contributed by atoms with Gasteiger partial charge in [-0.15, -0.1) is 11.3 Å². The third-order valence-corrected chi connectivity index (χ3v) is 6.17. The van der Waals surface area contributed by atoms with Gasteiger partial charge in [-0.05, 0) is 59.8 Å². The minimum atomic E-state index is -0.287. The van der Waals surface area contributed by atoms with Crippen LogP contribution in [0.3, 0.4) is 0 Å². The Balaban J connectivity index is 1.47. The van der Waals surface area contributed by atoms with Crippen LogP contribution in [0, 0.1) is 6.92 Å². The first kappa shape index (κ1) is 24.2. The van der Waals surface area contributed by atoms with Crippen molar-refractivity contribution in [3.8, 4) is 0 Å². The molecule has 0 aliphatic carbocycles. The van der Waals surface area contributed by atoms with Crippen molar-refractivity contribution in [2.24, 2.45) is 0 Å². The van der Waals surface area contributed by atoms with Gasteiger partial charge in [0.2, 0.25) is 5.91 Å². The summed E-state index contributed by atoms with van der Waals surface area (Å²) in [6, 6.07) is 15.1. The monoisotopic (exact) mass is 489 g/mol. The second-order valence-corrected chi connectivity index (χ2v) is 8.99. The topological polar surface area (TPSA) is 108 Å². The molecule has 2 heterocycles. The Kier molecular flexibility index (Phi) is 7.92. The lowest BCUT2D eigenvalue weighted by Gasteiger charge is -2.08. The molecule has 0 unspecified atom stereocenters. The van der Waals surface area contributed by atoms with Crippen molar-refractivity contribution < 1.29 is 14.3 Å². The van der Waals surface area contributed by atoms with E-state index in [0.717, 1.165) is 38.3 Å². The second-order valence-electron chi connectivity index (χ2n) is 7.96. The summed E-state index contributed by atoms with van der Waals surface area (Å²) in [6.07, 6.45) is 4.18. The van der Waals surface area contributed by atoms with E-state index in [1.165, 1.54) is 0 Å². The van der Waals surface area contributed by atoms with E-state index in [4.69, 9.17) is 4.74 Å². The van der Waals surface area contributed by atoms with Crippen LogP contribution in [-0.4, -0.2) is 42.4 Å². The maximum atomic E-state index is 12.5. The SMILES string of the molecule is COCCNC(=O)Nc1cccc(C=Cc2n[nH]c3cc(C)c(NC(=O)Cc4cccs4)cc23)c1. The smallest absolute Gasteiger partial charge is 0.319 e.